The smallest absolute Gasteiger partial charge is 0.143 e. The van der Waals surface area contributed by atoms with Crippen LogP contribution < -0.4 is 4.90 Å². The van der Waals surface area contributed by atoms with Crippen molar-refractivity contribution in [2.24, 2.45) is 5.92 Å². The fourth-order valence-electron chi connectivity index (χ4n) is 2.03. The molecular formula is C13H15FN2. The van der Waals surface area contributed by atoms with Gasteiger partial charge < -0.3 is 4.90 Å². The fourth-order valence-corrected chi connectivity index (χ4v) is 2.03. The minimum Gasteiger partial charge on any atom is -0.370 e. The van der Waals surface area contributed by atoms with Crippen molar-refractivity contribution in [2.75, 3.05) is 11.9 Å². The summed E-state index contributed by atoms with van der Waals surface area (Å²) in [6.07, 6.45) is 2.48. The molecule has 1 aliphatic carbocycles. The maximum atomic E-state index is 13.4. The first kappa shape index (κ1) is 10.9. The monoisotopic (exact) mass is 218 g/mol. The van der Waals surface area contributed by atoms with Crippen LogP contribution in [0.15, 0.2) is 18.2 Å². The van der Waals surface area contributed by atoms with Crippen molar-refractivity contribution in [3.8, 4) is 6.07 Å². The Morgan fingerprint density at radius 3 is 2.75 bits per heavy atom. The SMILES string of the molecule is CC(C1CC1)N(C)c1cccc(F)c1C#N. The molecule has 1 aromatic carbocycles. The number of anilines is 1. The number of nitriles is 1. The highest BCUT2D eigenvalue weighted by Crippen LogP contribution is 2.37. The molecule has 1 unspecified atom stereocenters. The van der Waals surface area contributed by atoms with Gasteiger partial charge in [0.05, 0.1) is 5.69 Å². The van der Waals surface area contributed by atoms with Gasteiger partial charge in [0.2, 0.25) is 0 Å². The van der Waals surface area contributed by atoms with Gasteiger partial charge in [-0.05, 0) is 37.8 Å². The van der Waals surface area contributed by atoms with Gasteiger partial charge in [0, 0.05) is 13.1 Å². The lowest BCUT2D eigenvalue weighted by Crippen LogP contribution is -2.31. The zero-order valence-electron chi connectivity index (χ0n) is 9.57. The number of halogens is 1. The first-order chi connectivity index (χ1) is 7.65. The van der Waals surface area contributed by atoms with E-state index in [4.69, 9.17) is 5.26 Å². The number of hydrogen-bond donors (Lipinski definition) is 0. The van der Waals surface area contributed by atoms with Crippen LogP contribution >= 0.6 is 0 Å². The minimum absolute atomic E-state index is 0.150. The maximum absolute atomic E-state index is 13.4. The van der Waals surface area contributed by atoms with E-state index in [0.29, 0.717) is 17.6 Å². The Bertz CT molecular complexity index is 432. The lowest BCUT2D eigenvalue weighted by atomic mass is 10.1. The summed E-state index contributed by atoms with van der Waals surface area (Å²) in [5, 5.41) is 8.97. The largest absolute Gasteiger partial charge is 0.370 e. The third kappa shape index (κ3) is 1.88. The molecule has 0 aliphatic heterocycles. The van der Waals surface area contributed by atoms with E-state index in [9.17, 15) is 4.39 Å². The molecule has 16 heavy (non-hydrogen) atoms. The molecule has 0 heterocycles. The fraction of sp³-hybridized carbons (Fsp3) is 0.462. The molecule has 1 fully saturated rings. The summed E-state index contributed by atoms with van der Waals surface area (Å²) in [7, 11) is 1.93. The molecule has 84 valence electrons. The van der Waals surface area contributed by atoms with E-state index < -0.39 is 5.82 Å². The molecule has 2 rings (SSSR count). The topological polar surface area (TPSA) is 27.0 Å². The van der Waals surface area contributed by atoms with Crippen LogP contribution in [0.25, 0.3) is 0 Å². The normalized spacial score (nSPS) is 16.6. The Labute approximate surface area is 95.3 Å². The van der Waals surface area contributed by atoms with Crippen LogP contribution in [0, 0.1) is 23.1 Å². The van der Waals surface area contributed by atoms with Crippen molar-refractivity contribution in [1.29, 1.82) is 5.26 Å². The Kier molecular flexibility index (Phi) is 2.82. The second-order valence-corrected chi connectivity index (χ2v) is 4.43. The van der Waals surface area contributed by atoms with E-state index in [-0.39, 0.29) is 5.56 Å². The lowest BCUT2D eigenvalue weighted by Gasteiger charge is -2.27. The Morgan fingerprint density at radius 1 is 1.50 bits per heavy atom. The molecule has 0 radical (unpaired) electrons. The summed E-state index contributed by atoms with van der Waals surface area (Å²) in [6.45, 7) is 2.13. The zero-order chi connectivity index (χ0) is 11.7. The van der Waals surface area contributed by atoms with E-state index in [2.05, 4.69) is 6.92 Å². The molecule has 1 atom stereocenters. The molecule has 1 aromatic rings. The van der Waals surface area contributed by atoms with Crippen molar-refractivity contribution in [3.63, 3.8) is 0 Å². The van der Waals surface area contributed by atoms with Crippen LogP contribution in [-0.4, -0.2) is 13.1 Å². The molecule has 0 bridgehead atoms. The van der Waals surface area contributed by atoms with Gasteiger partial charge in [0.15, 0.2) is 0 Å². The summed E-state index contributed by atoms with van der Waals surface area (Å²) in [6, 6.07) is 7.10. The molecule has 0 spiro atoms. The van der Waals surface area contributed by atoms with Gasteiger partial charge in [0.1, 0.15) is 17.4 Å². The predicted octanol–water partition coefficient (Wildman–Crippen LogP) is 2.93. The molecule has 1 saturated carbocycles. The van der Waals surface area contributed by atoms with Gasteiger partial charge >= 0.3 is 0 Å². The molecule has 0 amide bonds. The number of rotatable bonds is 3. The summed E-state index contributed by atoms with van der Waals surface area (Å²) in [5.74, 6) is 0.259. The second-order valence-electron chi connectivity index (χ2n) is 4.43. The minimum atomic E-state index is -0.435. The van der Waals surface area contributed by atoms with Gasteiger partial charge in [-0.3, -0.25) is 0 Å². The van der Waals surface area contributed by atoms with E-state index in [0.717, 1.165) is 0 Å². The number of hydrogen-bond acceptors (Lipinski definition) is 2. The van der Waals surface area contributed by atoms with E-state index in [1.54, 1.807) is 12.1 Å². The Morgan fingerprint density at radius 2 is 2.19 bits per heavy atom. The highest BCUT2D eigenvalue weighted by molar-refractivity contribution is 5.60. The van der Waals surface area contributed by atoms with Crippen LogP contribution in [0.4, 0.5) is 10.1 Å². The third-order valence-electron chi connectivity index (χ3n) is 3.40. The van der Waals surface area contributed by atoms with Gasteiger partial charge in [0.25, 0.3) is 0 Å². The van der Waals surface area contributed by atoms with E-state index in [1.807, 2.05) is 18.0 Å². The number of benzene rings is 1. The highest BCUT2D eigenvalue weighted by Gasteiger charge is 2.31. The van der Waals surface area contributed by atoms with Gasteiger partial charge in [-0.25, -0.2) is 4.39 Å². The first-order valence-corrected chi connectivity index (χ1v) is 5.56. The summed E-state index contributed by atoms with van der Waals surface area (Å²) in [4.78, 5) is 2.01. The standard InChI is InChI=1S/C13H15FN2/c1-9(10-6-7-10)16(2)13-5-3-4-12(14)11(13)8-15/h3-5,9-10H,6-7H2,1-2H3. The van der Waals surface area contributed by atoms with Crippen molar-refractivity contribution >= 4 is 5.69 Å². The third-order valence-corrected chi connectivity index (χ3v) is 3.40. The van der Waals surface area contributed by atoms with Gasteiger partial charge in [-0.2, -0.15) is 5.26 Å². The van der Waals surface area contributed by atoms with Crippen molar-refractivity contribution in [1.82, 2.24) is 0 Å². The quantitative estimate of drug-likeness (QED) is 0.780. The molecular weight excluding hydrogens is 203 g/mol. The lowest BCUT2D eigenvalue weighted by molar-refractivity contribution is 0.598. The Hall–Kier alpha value is -1.56. The van der Waals surface area contributed by atoms with Crippen LogP contribution in [0.1, 0.15) is 25.3 Å². The van der Waals surface area contributed by atoms with Crippen molar-refractivity contribution < 1.29 is 4.39 Å². The van der Waals surface area contributed by atoms with Crippen LogP contribution in [0.2, 0.25) is 0 Å². The molecule has 1 aliphatic rings. The van der Waals surface area contributed by atoms with Crippen LogP contribution in [-0.2, 0) is 0 Å². The van der Waals surface area contributed by atoms with E-state index in [1.165, 1.54) is 18.9 Å². The van der Waals surface area contributed by atoms with Crippen molar-refractivity contribution in [3.05, 3.63) is 29.6 Å². The van der Waals surface area contributed by atoms with Gasteiger partial charge in [-0.15, -0.1) is 0 Å². The molecule has 3 heteroatoms. The van der Waals surface area contributed by atoms with Crippen LogP contribution in [0.3, 0.4) is 0 Å². The Balaban J connectivity index is 2.32. The molecule has 0 saturated heterocycles. The average Bonchev–Trinajstić information content (AvgIpc) is 3.10. The predicted molar refractivity (Wildman–Crippen MR) is 61.7 cm³/mol. The van der Waals surface area contributed by atoms with Crippen molar-refractivity contribution in [2.45, 2.75) is 25.8 Å². The highest BCUT2D eigenvalue weighted by atomic mass is 19.1. The van der Waals surface area contributed by atoms with Crippen LogP contribution in [0.5, 0.6) is 0 Å². The molecule has 2 nitrogen and oxygen atoms in total. The molecule has 0 N–H and O–H groups in total. The first-order valence-electron chi connectivity index (χ1n) is 5.56. The number of nitrogens with zero attached hydrogens (tertiary/aromatic N) is 2. The second kappa shape index (κ2) is 4.13. The summed E-state index contributed by atoms with van der Waals surface area (Å²) < 4.78 is 13.4. The molecule has 0 aromatic heterocycles. The van der Waals surface area contributed by atoms with E-state index >= 15 is 0 Å². The summed E-state index contributed by atoms with van der Waals surface area (Å²) >= 11 is 0. The average molecular weight is 218 g/mol. The summed E-state index contributed by atoms with van der Waals surface area (Å²) in [5.41, 5.74) is 0.847. The maximum Gasteiger partial charge on any atom is 0.143 e. The zero-order valence-corrected chi connectivity index (χ0v) is 9.57. The van der Waals surface area contributed by atoms with Gasteiger partial charge in [-0.1, -0.05) is 6.07 Å².